The minimum Gasteiger partial charge on any atom is -0.316 e. The normalized spacial score (nSPS) is 31.3. The second-order valence-corrected chi connectivity index (χ2v) is 6.96. The summed E-state index contributed by atoms with van der Waals surface area (Å²) in [4.78, 5) is 4.25. The predicted molar refractivity (Wildman–Crippen MR) is 82.0 cm³/mol. The Hall–Kier alpha value is -0.350. The smallest absolute Gasteiger partial charge is 0.177 e. The molecule has 1 heterocycles. The van der Waals surface area contributed by atoms with Crippen LogP contribution in [0.3, 0.4) is 0 Å². The van der Waals surface area contributed by atoms with Crippen molar-refractivity contribution in [1.82, 2.24) is 10.2 Å². The van der Waals surface area contributed by atoms with Gasteiger partial charge in [-0.15, -0.1) is 0 Å². The maximum atomic E-state index is 5.56. The average molecular weight is 282 g/mol. The van der Waals surface area contributed by atoms with Crippen molar-refractivity contribution < 1.29 is 4.90 Å². The zero-order valence-electron chi connectivity index (χ0n) is 12.0. The number of rotatable bonds is 2. The monoisotopic (exact) mass is 282 g/mol. The van der Waals surface area contributed by atoms with Crippen LogP contribution in [0.25, 0.3) is 0 Å². The summed E-state index contributed by atoms with van der Waals surface area (Å²) in [5.74, 6) is 0. The fourth-order valence-electron chi connectivity index (χ4n) is 4.11. The third kappa shape index (κ3) is 3.22. The van der Waals surface area contributed by atoms with E-state index in [4.69, 9.17) is 12.2 Å². The van der Waals surface area contributed by atoms with Gasteiger partial charge in [0.25, 0.3) is 0 Å². The molecule has 2 aliphatic carbocycles. The fraction of sp³-hybridized carbons (Fsp3) is 0.933. The predicted octanol–water partition coefficient (Wildman–Crippen LogP) is 1.64. The first-order valence-electron chi connectivity index (χ1n) is 8.23. The molecule has 108 valence electrons. The first-order valence-corrected chi connectivity index (χ1v) is 8.64. The van der Waals surface area contributed by atoms with Crippen LogP contribution in [0.5, 0.6) is 0 Å². The van der Waals surface area contributed by atoms with E-state index in [9.17, 15) is 0 Å². The van der Waals surface area contributed by atoms with Gasteiger partial charge < -0.3 is 5.32 Å². The molecular weight excluding hydrogens is 254 g/mol. The molecule has 1 unspecified atom stereocenters. The Morgan fingerprint density at radius 2 is 1.58 bits per heavy atom. The molecule has 2 saturated carbocycles. The van der Waals surface area contributed by atoms with Crippen LogP contribution in [0.15, 0.2) is 0 Å². The molecule has 3 nitrogen and oxygen atoms in total. The fourth-order valence-corrected chi connectivity index (χ4v) is 4.39. The molecule has 1 aliphatic heterocycles. The number of quaternary nitrogens is 1. The molecule has 0 aromatic rings. The maximum absolute atomic E-state index is 5.56. The van der Waals surface area contributed by atoms with Gasteiger partial charge in [0, 0.05) is 6.04 Å². The second-order valence-electron chi connectivity index (χ2n) is 6.57. The van der Waals surface area contributed by atoms with Crippen LogP contribution in [-0.4, -0.2) is 35.4 Å². The van der Waals surface area contributed by atoms with Crippen molar-refractivity contribution in [1.29, 1.82) is 0 Å². The van der Waals surface area contributed by atoms with Crippen molar-refractivity contribution in [2.45, 2.75) is 76.3 Å². The van der Waals surface area contributed by atoms with E-state index in [0.717, 1.165) is 24.5 Å². The van der Waals surface area contributed by atoms with Gasteiger partial charge in [0.05, 0.1) is 6.04 Å². The quantitative estimate of drug-likeness (QED) is 0.751. The molecule has 0 bridgehead atoms. The first kappa shape index (κ1) is 13.6. The van der Waals surface area contributed by atoms with Gasteiger partial charge in [0.1, 0.15) is 0 Å². The van der Waals surface area contributed by atoms with E-state index in [1.54, 1.807) is 4.90 Å². The lowest BCUT2D eigenvalue weighted by molar-refractivity contribution is -0.940. The Morgan fingerprint density at radius 3 is 2.26 bits per heavy atom. The molecule has 1 atom stereocenters. The second kappa shape index (κ2) is 6.40. The van der Waals surface area contributed by atoms with E-state index in [1.807, 2.05) is 0 Å². The van der Waals surface area contributed by atoms with Gasteiger partial charge in [-0.25, -0.2) is 0 Å². The summed E-state index contributed by atoms with van der Waals surface area (Å²) >= 11 is 5.56. The highest BCUT2D eigenvalue weighted by molar-refractivity contribution is 7.80. The number of nitrogens with zero attached hydrogens (tertiary/aromatic N) is 1. The van der Waals surface area contributed by atoms with Crippen molar-refractivity contribution in [2.24, 2.45) is 0 Å². The molecule has 1 saturated heterocycles. The van der Waals surface area contributed by atoms with E-state index in [1.165, 1.54) is 64.2 Å². The van der Waals surface area contributed by atoms with E-state index < -0.39 is 0 Å². The Bertz CT molecular complexity index is 309. The highest BCUT2D eigenvalue weighted by Crippen LogP contribution is 2.23. The van der Waals surface area contributed by atoms with Crippen molar-refractivity contribution >= 4 is 17.3 Å². The number of thiocarbonyl (C=S) groups is 1. The van der Waals surface area contributed by atoms with Crippen molar-refractivity contribution in [3.63, 3.8) is 0 Å². The van der Waals surface area contributed by atoms with Gasteiger partial charge >= 0.3 is 0 Å². The first-order chi connectivity index (χ1) is 9.34. The lowest BCUT2D eigenvalue weighted by Crippen LogP contribution is -3.20. The SMILES string of the molecule is S=C1NC[NH+](C2CCCCC2)CN1C1CCCCC1. The van der Waals surface area contributed by atoms with Gasteiger partial charge in [0.2, 0.25) is 0 Å². The Kier molecular flexibility index (Phi) is 4.59. The molecule has 4 heteroatoms. The molecule has 3 aliphatic rings. The lowest BCUT2D eigenvalue weighted by atomic mass is 9.93. The summed E-state index contributed by atoms with van der Waals surface area (Å²) in [5, 5.41) is 4.52. The Morgan fingerprint density at radius 1 is 0.947 bits per heavy atom. The third-order valence-corrected chi connectivity index (χ3v) is 5.68. The minimum absolute atomic E-state index is 0.715. The van der Waals surface area contributed by atoms with E-state index in [2.05, 4.69) is 10.2 Å². The molecular formula is C15H28N3S+. The number of hydrogen-bond donors (Lipinski definition) is 2. The molecule has 3 rings (SSSR count). The van der Waals surface area contributed by atoms with Gasteiger partial charge in [-0.05, 0) is 50.7 Å². The van der Waals surface area contributed by atoms with Crippen molar-refractivity contribution in [2.75, 3.05) is 13.3 Å². The van der Waals surface area contributed by atoms with E-state index >= 15 is 0 Å². The average Bonchev–Trinajstić information content (AvgIpc) is 2.49. The maximum Gasteiger partial charge on any atom is 0.177 e. The summed E-state index contributed by atoms with van der Waals surface area (Å²) < 4.78 is 0. The van der Waals surface area contributed by atoms with Crippen LogP contribution in [0.4, 0.5) is 0 Å². The highest BCUT2D eigenvalue weighted by atomic mass is 32.1. The summed E-state index contributed by atoms with van der Waals surface area (Å²) in [6.07, 6.45) is 14.0. The lowest BCUT2D eigenvalue weighted by Gasteiger charge is -2.44. The zero-order valence-corrected chi connectivity index (χ0v) is 12.8. The van der Waals surface area contributed by atoms with Crippen LogP contribution >= 0.6 is 12.2 Å². The molecule has 0 amide bonds. The molecule has 0 spiro atoms. The summed E-state index contributed by atoms with van der Waals surface area (Å²) in [7, 11) is 0. The Labute approximate surface area is 122 Å². The van der Waals surface area contributed by atoms with E-state index in [0.29, 0.717) is 6.04 Å². The van der Waals surface area contributed by atoms with Gasteiger partial charge in [-0.3, -0.25) is 9.80 Å². The summed E-state index contributed by atoms with van der Waals surface area (Å²) in [6, 6.07) is 1.59. The van der Waals surface area contributed by atoms with Crippen LogP contribution < -0.4 is 10.2 Å². The molecule has 19 heavy (non-hydrogen) atoms. The van der Waals surface area contributed by atoms with Crippen molar-refractivity contribution in [3.05, 3.63) is 0 Å². The molecule has 3 fully saturated rings. The molecule has 0 aromatic carbocycles. The van der Waals surface area contributed by atoms with Crippen LogP contribution in [-0.2, 0) is 0 Å². The van der Waals surface area contributed by atoms with Crippen molar-refractivity contribution in [3.8, 4) is 0 Å². The number of nitrogens with one attached hydrogen (secondary N) is 2. The zero-order chi connectivity index (χ0) is 13.1. The molecule has 0 radical (unpaired) electrons. The topological polar surface area (TPSA) is 19.7 Å². The van der Waals surface area contributed by atoms with Crippen LogP contribution in [0, 0.1) is 0 Å². The van der Waals surface area contributed by atoms with Gasteiger partial charge in [-0.1, -0.05) is 25.7 Å². The number of hydrogen-bond acceptors (Lipinski definition) is 1. The Balaban J connectivity index is 1.60. The molecule has 0 aromatic heterocycles. The van der Waals surface area contributed by atoms with Crippen LogP contribution in [0.1, 0.15) is 64.2 Å². The van der Waals surface area contributed by atoms with E-state index in [-0.39, 0.29) is 0 Å². The third-order valence-electron chi connectivity index (χ3n) is 5.30. The molecule has 2 N–H and O–H groups in total. The largest absolute Gasteiger partial charge is 0.316 e. The summed E-state index contributed by atoms with van der Waals surface area (Å²) in [5.41, 5.74) is 0. The standard InChI is InChI=1S/C15H27N3S/c19-15-16-11-17(13-7-3-1-4-8-13)12-18(15)14-9-5-2-6-10-14/h13-14H,1-12H2,(H,16,19)/p+1. The minimum atomic E-state index is 0.715. The summed E-state index contributed by atoms with van der Waals surface area (Å²) in [6.45, 7) is 2.20. The van der Waals surface area contributed by atoms with Crippen LogP contribution in [0.2, 0.25) is 0 Å². The highest BCUT2D eigenvalue weighted by Gasteiger charge is 2.34. The van der Waals surface area contributed by atoms with Gasteiger partial charge in [-0.2, -0.15) is 0 Å². The van der Waals surface area contributed by atoms with Gasteiger partial charge in [0.15, 0.2) is 18.4 Å².